The van der Waals surface area contributed by atoms with Gasteiger partial charge < -0.3 is 5.73 Å². The number of carbonyl (C=O) groups is 1. The van der Waals surface area contributed by atoms with Gasteiger partial charge in [0.2, 0.25) is 0 Å². The lowest BCUT2D eigenvalue weighted by Crippen LogP contribution is -2.43. The number of sulfone groups is 1. The third-order valence-electron chi connectivity index (χ3n) is 2.65. The molecular weight excluding hydrogens is 288 g/mol. The van der Waals surface area contributed by atoms with Gasteiger partial charge in [-0.2, -0.15) is 0 Å². The van der Waals surface area contributed by atoms with E-state index in [1.165, 1.54) is 12.4 Å². The molecule has 0 bridgehead atoms. The van der Waals surface area contributed by atoms with E-state index < -0.39 is 21.3 Å². The van der Waals surface area contributed by atoms with E-state index in [9.17, 15) is 13.2 Å². The molecule has 1 aromatic rings. The molecule has 1 atom stereocenters. The second-order valence-electron chi connectivity index (χ2n) is 5.63. The highest BCUT2D eigenvalue weighted by Gasteiger charge is 2.30. The van der Waals surface area contributed by atoms with Gasteiger partial charge in [0, 0.05) is 17.8 Å². The van der Waals surface area contributed by atoms with E-state index in [0.717, 1.165) is 0 Å². The van der Waals surface area contributed by atoms with Crippen molar-refractivity contribution < 1.29 is 13.2 Å². The first-order valence-corrected chi connectivity index (χ1v) is 8.83. The van der Waals surface area contributed by atoms with Crippen LogP contribution in [0.1, 0.15) is 40.2 Å². The smallest absolute Gasteiger partial charge is 0.156 e. The fourth-order valence-electron chi connectivity index (χ4n) is 1.70. The van der Waals surface area contributed by atoms with Crippen molar-refractivity contribution in [2.75, 3.05) is 5.75 Å². The molecule has 0 fully saturated rings. The molecule has 1 heterocycles. The van der Waals surface area contributed by atoms with Crippen molar-refractivity contribution in [2.24, 2.45) is 11.1 Å². The lowest BCUT2D eigenvalue weighted by atomic mass is 9.87. The van der Waals surface area contributed by atoms with Gasteiger partial charge in [-0.1, -0.05) is 34.6 Å². The van der Waals surface area contributed by atoms with Gasteiger partial charge in [-0.25, -0.2) is 8.42 Å². The molecule has 1 aromatic heterocycles. The summed E-state index contributed by atoms with van der Waals surface area (Å²) >= 11 is 0. The van der Waals surface area contributed by atoms with E-state index in [2.05, 4.69) is 4.98 Å². The summed E-state index contributed by atoms with van der Waals surface area (Å²) in [5.41, 5.74) is 5.71. The number of ketones is 1. The van der Waals surface area contributed by atoms with E-state index in [1.807, 2.05) is 13.8 Å². The first-order valence-electron chi connectivity index (χ1n) is 7.01. The topological polar surface area (TPSA) is 90.1 Å². The summed E-state index contributed by atoms with van der Waals surface area (Å²) in [5, 5.41) is 0. The number of carbonyl (C=O) groups excluding carboxylic acids is 1. The maximum Gasteiger partial charge on any atom is 0.156 e. The summed E-state index contributed by atoms with van der Waals surface area (Å²) in [6, 6.07) is 2.29. The number of aromatic nitrogens is 1. The van der Waals surface area contributed by atoms with E-state index in [0.29, 0.717) is 5.56 Å². The SMILES string of the molecule is CC.CC(C)(C)C(=O)C(N)CS(=O)(=O)Cc1ccncc1. The van der Waals surface area contributed by atoms with Gasteiger partial charge in [0.25, 0.3) is 0 Å². The van der Waals surface area contributed by atoms with Crippen LogP contribution in [0.3, 0.4) is 0 Å². The summed E-state index contributed by atoms with van der Waals surface area (Å²) in [7, 11) is -3.41. The Bertz CT molecular complexity index is 534. The first kappa shape index (κ1) is 19.7. The summed E-state index contributed by atoms with van der Waals surface area (Å²) in [6.45, 7) is 9.18. The molecular formula is C15H26N2O3S. The predicted molar refractivity (Wildman–Crippen MR) is 85.5 cm³/mol. The molecule has 0 radical (unpaired) electrons. The molecule has 0 amide bonds. The summed E-state index contributed by atoms with van der Waals surface area (Å²) in [6.07, 6.45) is 3.07. The average molecular weight is 314 g/mol. The Morgan fingerprint density at radius 2 is 1.71 bits per heavy atom. The minimum Gasteiger partial charge on any atom is -0.321 e. The molecule has 0 aromatic carbocycles. The number of hydrogen-bond acceptors (Lipinski definition) is 5. The number of rotatable bonds is 5. The van der Waals surface area contributed by atoms with Crippen LogP contribution in [0.2, 0.25) is 0 Å². The monoisotopic (exact) mass is 314 g/mol. The van der Waals surface area contributed by atoms with Crippen molar-refractivity contribution >= 4 is 15.6 Å². The second kappa shape index (κ2) is 8.24. The Balaban J connectivity index is 0.00000191. The zero-order valence-electron chi connectivity index (χ0n) is 13.5. The molecule has 0 saturated carbocycles. The summed E-state index contributed by atoms with van der Waals surface area (Å²) in [4.78, 5) is 15.7. The molecule has 0 aliphatic carbocycles. The van der Waals surface area contributed by atoms with Crippen molar-refractivity contribution in [1.82, 2.24) is 4.98 Å². The van der Waals surface area contributed by atoms with Gasteiger partial charge in [0.1, 0.15) is 0 Å². The highest BCUT2D eigenvalue weighted by molar-refractivity contribution is 7.90. The third kappa shape index (κ3) is 7.34. The van der Waals surface area contributed by atoms with Crippen LogP contribution < -0.4 is 5.73 Å². The minimum atomic E-state index is -3.41. The normalized spacial score (nSPS) is 13.0. The van der Waals surface area contributed by atoms with E-state index in [-0.39, 0.29) is 17.3 Å². The molecule has 21 heavy (non-hydrogen) atoms. The molecule has 5 nitrogen and oxygen atoms in total. The van der Waals surface area contributed by atoms with Crippen LogP contribution in [0.25, 0.3) is 0 Å². The highest BCUT2D eigenvalue weighted by Crippen LogP contribution is 2.17. The Morgan fingerprint density at radius 3 is 2.14 bits per heavy atom. The highest BCUT2D eigenvalue weighted by atomic mass is 32.2. The van der Waals surface area contributed by atoms with Gasteiger partial charge in [0.15, 0.2) is 15.6 Å². The Labute approximate surface area is 127 Å². The van der Waals surface area contributed by atoms with E-state index >= 15 is 0 Å². The lowest BCUT2D eigenvalue weighted by Gasteiger charge is -2.21. The van der Waals surface area contributed by atoms with Crippen LogP contribution in [0.15, 0.2) is 24.5 Å². The van der Waals surface area contributed by atoms with Crippen LogP contribution in [0.5, 0.6) is 0 Å². The molecule has 1 unspecified atom stereocenters. The van der Waals surface area contributed by atoms with Crippen molar-refractivity contribution in [3.05, 3.63) is 30.1 Å². The zero-order chi connectivity index (χ0) is 16.7. The van der Waals surface area contributed by atoms with Crippen LogP contribution in [0.4, 0.5) is 0 Å². The van der Waals surface area contributed by atoms with Crippen molar-refractivity contribution in [1.29, 1.82) is 0 Å². The molecule has 1 rings (SSSR count). The second-order valence-corrected chi connectivity index (χ2v) is 7.74. The number of nitrogens with zero attached hydrogens (tertiary/aromatic N) is 1. The molecule has 6 heteroatoms. The zero-order valence-corrected chi connectivity index (χ0v) is 14.3. The molecule has 0 spiro atoms. The van der Waals surface area contributed by atoms with Gasteiger partial charge in [0.05, 0.1) is 17.5 Å². The molecule has 0 saturated heterocycles. The summed E-state index contributed by atoms with van der Waals surface area (Å²) < 4.78 is 24.0. The summed E-state index contributed by atoms with van der Waals surface area (Å²) in [5.74, 6) is -0.697. The molecule has 120 valence electrons. The third-order valence-corrected chi connectivity index (χ3v) is 4.29. The number of hydrogen-bond donors (Lipinski definition) is 1. The van der Waals surface area contributed by atoms with Crippen LogP contribution in [-0.4, -0.2) is 31.0 Å². The fourth-order valence-corrected chi connectivity index (χ4v) is 3.21. The molecule has 0 aliphatic heterocycles. The van der Waals surface area contributed by atoms with E-state index in [4.69, 9.17) is 5.73 Å². The Kier molecular flexibility index (Phi) is 7.74. The number of nitrogens with two attached hydrogens (primary N) is 1. The van der Waals surface area contributed by atoms with Crippen molar-refractivity contribution in [2.45, 2.75) is 46.4 Å². The predicted octanol–water partition coefficient (Wildman–Crippen LogP) is 1.97. The average Bonchev–Trinajstić information content (AvgIpc) is 2.39. The Hall–Kier alpha value is -1.27. The van der Waals surface area contributed by atoms with Crippen molar-refractivity contribution in [3.8, 4) is 0 Å². The Morgan fingerprint density at radius 1 is 1.24 bits per heavy atom. The van der Waals surface area contributed by atoms with E-state index in [1.54, 1.807) is 32.9 Å². The number of pyridine rings is 1. The molecule has 2 N–H and O–H groups in total. The first-order chi connectivity index (χ1) is 9.62. The van der Waals surface area contributed by atoms with Crippen molar-refractivity contribution in [3.63, 3.8) is 0 Å². The van der Waals surface area contributed by atoms with Crippen LogP contribution in [-0.2, 0) is 20.4 Å². The minimum absolute atomic E-state index is 0.124. The van der Waals surface area contributed by atoms with Gasteiger partial charge in [-0.3, -0.25) is 9.78 Å². The lowest BCUT2D eigenvalue weighted by molar-refractivity contribution is -0.127. The number of Topliss-reactive ketones (excluding diaryl/α,β-unsaturated/α-hetero) is 1. The van der Waals surface area contributed by atoms with Crippen LogP contribution >= 0.6 is 0 Å². The largest absolute Gasteiger partial charge is 0.321 e. The maximum atomic E-state index is 12.0. The van der Waals surface area contributed by atoms with Gasteiger partial charge in [-0.15, -0.1) is 0 Å². The van der Waals surface area contributed by atoms with Gasteiger partial charge >= 0.3 is 0 Å². The quantitative estimate of drug-likeness (QED) is 0.897. The molecule has 0 aliphatic rings. The fraction of sp³-hybridized carbons (Fsp3) is 0.600. The van der Waals surface area contributed by atoms with Crippen LogP contribution in [0, 0.1) is 5.41 Å². The maximum absolute atomic E-state index is 12.0. The standard InChI is InChI=1S/C13H20N2O3S.C2H6/c1-13(2,3)12(16)11(14)9-19(17,18)8-10-4-6-15-7-5-10;1-2/h4-7,11H,8-9,14H2,1-3H3;1-2H3. The van der Waals surface area contributed by atoms with Gasteiger partial charge in [-0.05, 0) is 17.7 Å².